The fourth-order valence-corrected chi connectivity index (χ4v) is 5.05. The number of amides is 1. The smallest absolute Gasteiger partial charge is 0.260 e. The molecule has 2 fully saturated rings. The minimum absolute atomic E-state index is 0.000555. The Bertz CT molecular complexity index is 685. The first-order chi connectivity index (χ1) is 11.4. The van der Waals surface area contributed by atoms with Crippen LogP contribution in [0.3, 0.4) is 0 Å². The molecule has 8 heteroatoms. The summed E-state index contributed by atoms with van der Waals surface area (Å²) in [6.45, 7) is 2.65. The van der Waals surface area contributed by atoms with Crippen LogP contribution in [0.4, 0.5) is 0 Å². The molecule has 1 unspecified atom stereocenters. The summed E-state index contributed by atoms with van der Waals surface area (Å²) in [7, 11) is -2.87. The number of benzene rings is 1. The van der Waals surface area contributed by atoms with Crippen LogP contribution in [0, 0.1) is 0 Å². The molecule has 132 valence electrons. The molecule has 0 saturated carbocycles. The number of rotatable bonds is 4. The lowest BCUT2D eigenvalue weighted by Gasteiger charge is -2.37. The lowest BCUT2D eigenvalue weighted by atomic mass is 10.2. The van der Waals surface area contributed by atoms with Gasteiger partial charge in [0.25, 0.3) is 5.91 Å². The van der Waals surface area contributed by atoms with E-state index < -0.39 is 9.84 Å². The van der Waals surface area contributed by atoms with Crippen LogP contribution in [-0.2, 0) is 14.6 Å². The Labute approximate surface area is 147 Å². The van der Waals surface area contributed by atoms with Gasteiger partial charge in [-0.05, 0) is 30.7 Å². The van der Waals surface area contributed by atoms with E-state index in [1.54, 1.807) is 29.2 Å². The fourth-order valence-electron chi connectivity index (χ4n) is 3.17. The van der Waals surface area contributed by atoms with Crippen LogP contribution in [-0.4, -0.2) is 74.5 Å². The summed E-state index contributed by atoms with van der Waals surface area (Å²) < 4.78 is 28.6. The standard InChI is InChI=1S/C16H21ClN2O4S/c17-13-1-3-15(4-2-13)23-11-16(20)19-8-6-18(7-9-19)14-5-10-24(21,22)12-14/h1-4,14H,5-12H2. The second-order valence-electron chi connectivity index (χ2n) is 6.22. The first kappa shape index (κ1) is 17.5. The Morgan fingerprint density at radius 3 is 2.42 bits per heavy atom. The summed E-state index contributed by atoms with van der Waals surface area (Å²) in [4.78, 5) is 16.2. The molecule has 1 amide bonds. The topological polar surface area (TPSA) is 66.9 Å². The molecule has 2 saturated heterocycles. The average Bonchev–Trinajstić information content (AvgIpc) is 2.94. The van der Waals surface area contributed by atoms with E-state index in [4.69, 9.17) is 16.3 Å². The van der Waals surface area contributed by atoms with Gasteiger partial charge in [0.1, 0.15) is 5.75 Å². The molecule has 2 heterocycles. The molecule has 3 rings (SSSR count). The van der Waals surface area contributed by atoms with Gasteiger partial charge < -0.3 is 9.64 Å². The summed E-state index contributed by atoms with van der Waals surface area (Å²) in [6, 6.07) is 7.01. The van der Waals surface area contributed by atoms with E-state index >= 15 is 0 Å². The van der Waals surface area contributed by atoms with Gasteiger partial charge in [0.15, 0.2) is 16.4 Å². The predicted molar refractivity (Wildman–Crippen MR) is 92.2 cm³/mol. The van der Waals surface area contributed by atoms with Crippen molar-refractivity contribution in [2.75, 3.05) is 44.3 Å². The highest BCUT2D eigenvalue weighted by Gasteiger charge is 2.34. The monoisotopic (exact) mass is 372 g/mol. The van der Waals surface area contributed by atoms with Crippen LogP contribution in [0.1, 0.15) is 6.42 Å². The lowest BCUT2D eigenvalue weighted by Crippen LogP contribution is -2.53. The zero-order valence-electron chi connectivity index (χ0n) is 13.4. The molecular weight excluding hydrogens is 352 g/mol. The van der Waals surface area contributed by atoms with Gasteiger partial charge in [-0.3, -0.25) is 9.69 Å². The summed E-state index contributed by atoms with van der Waals surface area (Å²) in [5.74, 6) is 1.10. The molecule has 0 bridgehead atoms. The van der Waals surface area contributed by atoms with Crippen molar-refractivity contribution >= 4 is 27.3 Å². The highest BCUT2D eigenvalue weighted by Crippen LogP contribution is 2.19. The minimum atomic E-state index is -2.87. The maximum Gasteiger partial charge on any atom is 0.260 e. The summed E-state index contributed by atoms with van der Waals surface area (Å²) in [6.07, 6.45) is 0.704. The molecule has 1 atom stereocenters. The van der Waals surface area contributed by atoms with Gasteiger partial charge in [-0.25, -0.2) is 8.42 Å². The van der Waals surface area contributed by atoms with Crippen molar-refractivity contribution in [1.29, 1.82) is 0 Å². The quantitative estimate of drug-likeness (QED) is 0.790. The highest BCUT2D eigenvalue weighted by atomic mass is 35.5. The maximum atomic E-state index is 12.2. The van der Waals surface area contributed by atoms with Crippen LogP contribution in [0.25, 0.3) is 0 Å². The number of carbonyl (C=O) groups excluding carboxylic acids is 1. The Morgan fingerprint density at radius 2 is 1.83 bits per heavy atom. The number of sulfone groups is 1. The van der Waals surface area contributed by atoms with Gasteiger partial charge in [-0.1, -0.05) is 11.6 Å². The zero-order valence-corrected chi connectivity index (χ0v) is 14.9. The number of piperazine rings is 1. The fraction of sp³-hybridized carbons (Fsp3) is 0.562. The molecule has 0 N–H and O–H groups in total. The van der Waals surface area contributed by atoms with E-state index in [1.807, 2.05) is 0 Å². The van der Waals surface area contributed by atoms with E-state index in [0.29, 0.717) is 43.4 Å². The molecule has 2 aliphatic heterocycles. The lowest BCUT2D eigenvalue weighted by molar-refractivity contribution is -0.135. The van der Waals surface area contributed by atoms with Crippen molar-refractivity contribution in [3.63, 3.8) is 0 Å². The number of halogens is 1. The van der Waals surface area contributed by atoms with Crippen LogP contribution in [0.5, 0.6) is 5.75 Å². The number of nitrogens with zero attached hydrogens (tertiary/aromatic N) is 2. The summed E-state index contributed by atoms with van der Waals surface area (Å²) >= 11 is 5.81. The van der Waals surface area contributed by atoms with Crippen LogP contribution in [0.15, 0.2) is 24.3 Å². The third-order valence-electron chi connectivity index (χ3n) is 4.57. The van der Waals surface area contributed by atoms with E-state index in [0.717, 1.165) is 0 Å². The number of hydrogen-bond acceptors (Lipinski definition) is 5. The third-order valence-corrected chi connectivity index (χ3v) is 6.57. The first-order valence-electron chi connectivity index (χ1n) is 8.03. The van der Waals surface area contributed by atoms with Gasteiger partial charge in [0.05, 0.1) is 11.5 Å². The molecule has 0 aromatic heterocycles. The van der Waals surface area contributed by atoms with Crippen molar-refractivity contribution in [3.8, 4) is 5.75 Å². The van der Waals surface area contributed by atoms with Crippen LogP contribution >= 0.6 is 11.6 Å². The molecule has 24 heavy (non-hydrogen) atoms. The molecule has 1 aromatic rings. The third kappa shape index (κ3) is 4.40. The van der Waals surface area contributed by atoms with Crippen molar-refractivity contribution in [3.05, 3.63) is 29.3 Å². The normalized spacial score (nSPS) is 24.0. The molecule has 1 aromatic carbocycles. The molecule has 6 nitrogen and oxygen atoms in total. The van der Waals surface area contributed by atoms with Crippen molar-refractivity contribution in [2.45, 2.75) is 12.5 Å². The van der Waals surface area contributed by atoms with E-state index in [9.17, 15) is 13.2 Å². The summed E-state index contributed by atoms with van der Waals surface area (Å²) in [5.41, 5.74) is 0. The van der Waals surface area contributed by atoms with Gasteiger partial charge in [-0.2, -0.15) is 0 Å². The van der Waals surface area contributed by atoms with Crippen molar-refractivity contribution < 1.29 is 17.9 Å². The van der Waals surface area contributed by atoms with Gasteiger partial charge in [-0.15, -0.1) is 0 Å². The predicted octanol–water partition coefficient (Wildman–Crippen LogP) is 1.05. The number of hydrogen-bond donors (Lipinski definition) is 0. The molecule has 0 spiro atoms. The largest absolute Gasteiger partial charge is 0.484 e. The zero-order chi connectivity index (χ0) is 17.2. The molecule has 0 radical (unpaired) electrons. The molecule has 2 aliphatic rings. The van der Waals surface area contributed by atoms with Crippen LogP contribution in [0.2, 0.25) is 5.02 Å². The van der Waals surface area contributed by atoms with Crippen molar-refractivity contribution in [2.24, 2.45) is 0 Å². The average molecular weight is 373 g/mol. The second kappa shape index (κ2) is 7.29. The second-order valence-corrected chi connectivity index (χ2v) is 8.88. The SMILES string of the molecule is O=C(COc1ccc(Cl)cc1)N1CCN(C2CCS(=O)(=O)C2)CC1. The number of ether oxygens (including phenoxy) is 1. The summed E-state index contributed by atoms with van der Waals surface area (Å²) in [5, 5.41) is 0.624. The van der Waals surface area contributed by atoms with Gasteiger partial charge in [0.2, 0.25) is 0 Å². The Morgan fingerprint density at radius 1 is 1.17 bits per heavy atom. The molecule has 0 aliphatic carbocycles. The first-order valence-corrected chi connectivity index (χ1v) is 10.2. The highest BCUT2D eigenvalue weighted by molar-refractivity contribution is 7.91. The Balaban J connectivity index is 1.44. The van der Waals surface area contributed by atoms with Gasteiger partial charge >= 0.3 is 0 Å². The van der Waals surface area contributed by atoms with Crippen molar-refractivity contribution in [1.82, 2.24) is 9.80 Å². The van der Waals surface area contributed by atoms with Crippen LogP contribution < -0.4 is 4.74 Å². The van der Waals surface area contributed by atoms with E-state index in [1.165, 1.54) is 0 Å². The van der Waals surface area contributed by atoms with E-state index in [-0.39, 0.29) is 30.1 Å². The minimum Gasteiger partial charge on any atom is -0.484 e. The van der Waals surface area contributed by atoms with Gasteiger partial charge in [0, 0.05) is 37.2 Å². The molecular formula is C16H21ClN2O4S. The number of carbonyl (C=O) groups is 1. The van der Waals surface area contributed by atoms with E-state index in [2.05, 4.69) is 4.90 Å². The Hall–Kier alpha value is -1.31. The maximum absolute atomic E-state index is 12.2. The Kier molecular flexibility index (Phi) is 5.32.